The van der Waals surface area contributed by atoms with Gasteiger partial charge >= 0.3 is 0 Å². The second kappa shape index (κ2) is 7.54. The lowest BCUT2D eigenvalue weighted by atomic mass is 9.99. The summed E-state index contributed by atoms with van der Waals surface area (Å²) in [5.41, 5.74) is 8.90. The Morgan fingerprint density at radius 2 is 1.96 bits per heavy atom. The number of amides is 1. The average Bonchev–Trinajstić information content (AvgIpc) is 2.98. The lowest BCUT2D eigenvalue weighted by molar-refractivity contribution is -0.117. The molecule has 0 saturated carbocycles. The van der Waals surface area contributed by atoms with E-state index in [1.807, 2.05) is 6.92 Å². The van der Waals surface area contributed by atoms with E-state index in [0.717, 1.165) is 26.6 Å². The molecule has 0 aliphatic rings. The average molecular weight is 372 g/mol. The summed E-state index contributed by atoms with van der Waals surface area (Å²) in [6, 6.07) is 8.68. The molecule has 2 aromatic heterocycles. The lowest BCUT2D eigenvalue weighted by Gasteiger charge is -2.08. The Hall–Kier alpha value is -1.92. The Bertz CT molecular complexity index is 901. The van der Waals surface area contributed by atoms with Crippen LogP contribution < -0.4 is 5.73 Å². The number of hydrogen-bond donors (Lipinski definition) is 1. The van der Waals surface area contributed by atoms with Crippen LogP contribution >= 0.6 is 23.1 Å². The second-order valence-electron chi connectivity index (χ2n) is 6.25. The van der Waals surface area contributed by atoms with Crippen LogP contribution in [0, 0.1) is 6.92 Å². The number of thioether (sulfide) groups is 1. The minimum atomic E-state index is -0.288. The smallest absolute Gasteiger partial charge is 0.218 e. The molecule has 0 unspecified atom stereocenters. The van der Waals surface area contributed by atoms with E-state index in [-0.39, 0.29) is 5.91 Å². The number of nitrogens with two attached hydrogens (primary N) is 1. The number of aryl methyl sites for hydroxylation is 1. The predicted molar refractivity (Wildman–Crippen MR) is 106 cm³/mol. The van der Waals surface area contributed by atoms with Crippen molar-refractivity contribution in [3.05, 3.63) is 41.0 Å². The summed E-state index contributed by atoms with van der Waals surface area (Å²) in [5, 5.41) is 4.14. The van der Waals surface area contributed by atoms with E-state index in [2.05, 4.69) is 53.5 Å². The zero-order valence-corrected chi connectivity index (χ0v) is 16.2. The van der Waals surface area contributed by atoms with Gasteiger partial charge in [0.05, 0.1) is 5.39 Å². The molecule has 0 atom stereocenters. The van der Waals surface area contributed by atoms with Gasteiger partial charge in [0.15, 0.2) is 0 Å². The molecule has 1 aromatic carbocycles. The van der Waals surface area contributed by atoms with E-state index in [1.54, 1.807) is 23.1 Å². The Kier molecular flexibility index (Phi) is 5.39. The molecule has 0 aliphatic carbocycles. The summed E-state index contributed by atoms with van der Waals surface area (Å²) in [7, 11) is 0. The van der Waals surface area contributed by atoms with Crippen molar-refractivity contribution in [2.75, 3.05) is 5.75 Å². The van der Waals surface area contributed by atoms with Crippen LogP contribution in [0.4, 0.5) is 0 Å². The molecule has 25 heavy (non-hydrogen) atoms. The zero-order chi connectivity index (χ0) is 18.0. The lowest BCUT2D eigenvalue weighted by Crippen LogP contribution is -2.11. The molecule has 0 radical (unpaired) electrons. The van der Waals surface area contributed by atoms with Crippen molar-refractivity contribution in [3.63, 3.8) is 0 Å². The Labute approximate surface area is 155 Å². The van der Waals surface area contributed by atoms with Gasteiger partial charge in [0.2, 0.25) is 5.91 Å². The highest BCUT2D eigenvalue weighted by Gasteiger charge is 2.15. The molecule has 6 heteroatoms. The van der Waals surface area contributed by atoms with Gasteiger partial charge < -0.3 is 5.73 Å². The number of aromatic nitrogens is 2. The first-order valence-electron chi connectivity index (χ1n) is 8.23. The summed E-state index contributed by atoms with van der Waals surface area (Å²) < 4.78 is 0. The SMILES string of the molecule is Cc1nc(SCCC(N)=O)c2c(-c3ccc(C(C)C)cc3)csc2n1. The number of thiophene rings is 1. The topological polar surface area (TPSA) is 68.9 Å². The van der Waals surface area contributed by atoms with Crippen LogP contribution in [-0.2, 0) is 4.79 Å². The fourth-order valence-electron chi connectivity index (χ4n) is 2.62. The standard InChI is InChI=1S/C19H21N3OS2/c1-11(2)13-4-6-14(7-5-13)15-10-25-19-17(15)18(21-12(3)22-19)24-9-8-16(20)23/h4-7,10-11H,8-9H2,1-3H3,(H2,20,23). The number of benzene rings is 1. The van der Waals surface area contributed by atoms with Gasteiger partial charge in [-0.1, -0.05) is 38.1 Å². The third kappa shape index (κ3) is 4.02. The second-order valence-corrected chi connectivity index (χ2v) is 8.19. The molecule has 0 spiro atoms. The van der Waals surface area contributed by atoms with Gasteiger partial charge in [-0.25, -0.2) is 9.97 Å². The molecule has 0 bridgehead atoms. The van der Waals surface area contributed by atoms with Crippen LogP contribution in [-0.4, -0.2) is 21.6 Å². The van der Waals surface area contributed by atoms with E-state index < -0.39 is 0 Å². The van der Waals surface area contributed by atoms with Crippen molar-refractivity contribution < 1.29 is 4.79 Å². The van der Waals surface area contributed by atoms with Crippen LogP contribution in [0.1, 0.15) is 37.6 Å². The quantitative estimate of drug-likeness (QED) is 0.501. The first-order valence-corrected chi connectivity index (χ1v) is 10.1. The summed E-state index contributed by atoms with van der Waals surface area (Å²) in [6.45, 7) is 6.28. The van der Waals surface area contributed by atoms with Gasteiger partial charge in [-0.05, 0) is 24.0 Å². The number of rotatable bonds is 6. The van der Waals surface area contributed by atoms with E-state index in [1.165, 1.54) is 11.1 Å². The van der Waals surface area contributed by atoms with Crippen molar-refractivity contribution >= 4 is 39.2 Å². The van der Waals surface area contributed by atoms with E-state index in [0.29, 0.717) is 18.1 Å². The van der Waals surface area contributed by atoms with Gasteiger partial charge in [-0.15, -0.1) is 23.1 Å². The molecular weight excluding hydrogens is 350 g/mol. The molecule has 0 aliphatic heterocycles. The maximum absolute atomic E-state index is 11.0. The van der Waals surface area contributed by atoms with Crippen LogP contribution in [0.5, 0.6) is 0 Å². The predicted octanol–water partition coefficient (Wildman–Crippen LogP) is 4.76. The Balaban J connectivity index is 2.02. The Morgan fingerprint density at radius 1 is 1.24 bits per heavy atom. The zero-order valence-electron chi connectivity index (χ0n) is 14.6. The minimum Gasteiger partial charge on any atom is -0.370 e. The first kappa shape index (κ1) is 17.9. The van der Waals surface area contributed by atoms with Crippen LogP contribution in [0.15, 0.2) is 34.7 Å². The van der Waals surface area contributed by atoms with Crippen molar-refractivity contribution in [3.8, 4) is 11.1 Å². The van der Waals surface area contributed by atoms with Crippen molar-refractivity contribution in [2.24, 2.45) is 5.73 Å². The van der Waals surface area contributed by atoms with Gasteiger partial charge in [0.1, 0.15) is 15.7 Å². The number of carbonyl (C=O) groups excluding carboxylic acids is 1. The molecule has 130 valence electrons. The summed E-state index contributed by atoms with van der Waals surface area (Å²) >= 11 is 3.20. The highest BCUT2D eigenvalue weighted by molar-refractivity contribution is 7.99. The summed E-state index contributed by atoms with van der Waals surface area (Å²) in [5.74, 6) is 1.60. The van der Waals surface area contributed by atoms with Crippen molar-refractivity contribution in [2.45, 2.75) is 38.1 Å². The van der Waals surface area contributed by atoms with Gasteiger partial charge in [0, 0.05) is 23.1 Å². The van der Waals surface area contributed by atoms with Crippen LogP contribution in [0.2, 0.25) is 0 Å². The third-order valence-corrected chi connectivity index (χ3v) is 5.84. The fourth-order valence-corrected chi connectivity index (χ4v) is 4.73. The molecule has 0 saturated heterocycles. The van der Waals surface area contributed by atoms with Crippen molar-refractivity contribution in [1.82, 2.24) is 9.97 Å². The monoisotopic (exact) mass is 371 g/mol. The number of carbonyl (C=O) groups is 1. The molecule has 2 heterocycles. The number of hydrogen-bond acceptors (Lipinski definition) is 5. The molecule has 3 aromatic rings. The largest absolute Gasteiger partial charge is 0.370 e. The molecular formula is C19H21N3OS2. The van der Waals surface area contributed by atoms with Gasteiger partial charge in [-0.3, -0.25) is 4.79 Å². The maximum atomic E-state index is 11.0. The molecule has 2 N–H and O–H groups in total. The van der Waals surface area contributed by atoms with E-state index in [9.17, 15) is 4.79 Å². The number of primary amides is 1. The summed E-state index contributed by atoms with van der Waals surface area (Å²) in [6.07, 6.45) is 0.345. The first-order chi connectivity index (χ1) is 12.0. The Morgan fingerprint density at radius 3 is 2.60 bits per heavy atom. The van der Waals surface area contributed by atoms with E-state index in [4.69, 9.17) is 5.73 Å². The van der Waals surface area contributed by atoms with Gasteiger partial charge in [0.25, 0.3) is 0 Å². The molecule has 0 fully saturated rings. The van der Waals surface area contributed by atoms with E-state index >= 15 is 0 Å². The number of fused-ring (bicyclic) bond motifs is 1. The highest BCUT2D eigenvalue weighted by atomic mass is 32.2. The number of nitrogens with zero attached hydrogens (tertiary/aromatic N) is 2. The highest BCUT2D eigenvalue weighted by Crippen LogP contribution is 2.38. The van der Waals surface area contributed by atoms with Crippen LogP contribution in [0.25, 0.3) is 21.3 Å². The summed E-state index contributed by atoms with van der Waals surface area (Å²) in [4.78, 5) is 21.2. The third-order valence-electron chi connectivity index (χ3n) is 3.99. The van der Waals surface area contributed by atoms with Crippen molar-refractivity contribution in [1.29, 1.82) is 0 Å². The molecule has 1 amide bonds. The molecule has 4 nitrogen and oxygen atoms in total. The van der Waals surface area contributed by atoms with Gasteiger partial charge in [-0.2, -0.15) is 0 Å². The van der Waals surface area contributed by atoms with Crippen LogP contribution in [0.3, 0.4) is 0 Å². The minimum absolute atomic E-state index is 0.288. The molecule has 3 rings (SSSR count). The fraction of sp³-hybridized carbons (Fsp3) is 0.316. The maximum Gasteiger partial charge on any atom is 0.218 e. The normalized spacial score (nSPS) is 11.4.